The van der Waals surface area contributed by atoms with Gasteiger partial charge in [-0.05, 0) is 37.8 Å². The Bertz CT molecular complexity index is 565. The maximum atomic E-state index is 5.47. The lowest BCUT2D eigenvalue weighted by molar-refractivity contribution is 0.325. The van der Waals surface area contributed by atoms with Crippen LogP contribution in [0, 0.1) is 0 Å². The van der Waals surface area contributed by atoms with Gasteiger partial charge in [0.05, 0.1) is 12.3 Å². The van der Waals surface area contributed by atoms with Crippen LogP contribution in [0.1, 0.15) is 56.8 Å². The molecule has 4 nitrogen and oxygen atoms in total. The number of ether oxygens (including phenoxy) is 1. The molecule has 0 saturated heterocycles. The molecule has 0 spiro atoms. The fraction of sp³-hybridized carbons (Fsp3) is 0.529. The molecule has 2 aromatic heterocycles. The van der Waals surface area contributed by atoms with Crippen LogP contribution < -0.4 is 4.74 Å². The van der Waals surface area contributed by atoms with Crippen LogP contribution in [0.4, 0.5) is 0 Å². The van der Waals surface area contributed by atoms with Gasteiger partial charge < -0.3 is 4.74 Å². The van der Waals surface area contributed by atoms with Crippen molar-refractivity contribution >= 4 is 0 Å². The average molecular weight is 287 g/mol. The van der Waals surface area contributed by atoms with Crippen LogP contribution in [0.5, 0.6) is 5.88 Å². The van der Waals surface area contributed by atoms with E-state index < -0.39 is 0 Å². The van der Waals surface area contributed by atoms with Gasteiger partial charge in [0.15, 0.2) is 0 Å². The Kier molecular flexibility index (Phi) is 5.37. The molecular formula is C17H25N3O. The van der Waals surface area contributed by atoms with E-state index in [0.29, 0.717) is 18.4 Å². The van der Waals surface area contributed by atoms with Crippen molar-refractivity contribution in [3.8, 4) is 5.88 Å². The zero-order chi connectivity index (χ0) is 15.2. The lowest BCUT2D eigenvalue weighted by Crippen LogP contribution is -2.03. The van der Waals surface area contributed by atoms with E-state index in [-0.39, 0.29) is 0 Å². The summed E-state index contributed by atoms with van der Waals surface area (Å²) in [5, 5.41) is 4.48. The summed E-state index contributed by atoms with van der Waals surface area (Å²) in [4.78, 5) is 4.58. The van der Waals surface area contributed by atoms with Gasteiger partial charge >= 0.3 is 0 Å². The summed E-state index contributed by atoms with van der Waals surface area (Å²) in [7, 11) is 1.96. The monoisotopic (exact) mass is 287 g/mol. The largest absolute Gasteiger partial charge is 0.478 e. The Labute approximate surface area is 127 Å². The second-order valence-corrected chi connectivity index (χ2v) is 5.63. The highest BCUT2D eigenvalue weighted by Crippen LogP contribution is 2.26. The standard InChI is InChI=1S/C17H25N3O/c1-5-21-17-8-6-7-15(18-17)13(2)9-10-14(3)16-11-12-20(4)19-16/h6-8,11-14H,5,9-10H2,1-4H3. The summed E-state index contributed by atoms with van der Waals surface area (Å²) in [6.07, 6.45) is 4.21. The third-order valence-electron chi connectivity index (χ3n) is 3.81. The summed E-state index contributed by atoms with van der Waals surface area (Å²) >= 11 is 0. The molecule has 4 heteroatoms. The van der Waals surface area contributed by atoms with Crippen LogP contribution >= 0.6 is 0 Å². The summed E-state index contributed by atoms with van der Waals surface area (Å²) < 4.78 is 7.33. The van der Waals surface area contributed by atoms with Gasteiger partial charge in [0, 0.05) is 30.9 Å². The zero-order valence-corrected chi connectivity index (χ0v) is 13.4. The number of nitrogens with zero attached hydrogens (tertiary/aromatic N) is 3. The Morgan fingerprint density at radius 1 is 1.10 bits per heavy atom. The Hall–Kier alpha value is -1.84. The van der Waals surface area contributed by atoms with Crippen molar-refractivity contribution < 1.29 is 4.74 Å². The first-order valence-corrected chi connectivity index (χ1v) is 7.69. The van der Waals surface area contributed by atoms with E-state index in [2.05, 4.69) is 36.1 Å². The minimum absolute atomic E-state index is 0.427. The highest BCUT2D eigenvalue weighted by atomic mass is 16.5. The van der Waals surface area contributed by atoms with E-state index in [9.17, 15) is 0 Å². The van der Waals surface area contributed by atoms with Crippen molar-refractivity contribution in [2.45, 2.75) is 45.4 Å². The molecule has 0 aromatic carbocycles. The van der Waals surface area contributed by atoms with Crippen molar-refractivity contribution in [3.63, 3.8) is 0 Å². The highest BCUT2D eigenvalue weighted by molar-refractivity contribution is 5.18. The van der Waals surface area contributed by atoms with E-state index in [4.69, 9.17) is 4.74 Å². The normalized spacial score (nSPS) is 13.9. The fourth-order valence-electron chi connectivity index (χ4n) is 2.43. The van der Waals surface area contributed by atoms with Gasteiger partial charge in [0.1, 0.15) is 0 Å². The summed E-state index contributed by atoms with van der Waals surface area (Å²) in [6, 6.07) is 8.12. The molecule has 0 aliphatic rings. The molecule has 0 amide bonds. The number of rotatable bonds is 7. The molecule has 2 unspecified atom stereocenters. The number of aryl methyl sites for hydroxylation is 1. The molecule has 0 saturated carbocycles. The fourth-order valence-corrected chi connectivity index (χ4v) is 2.43. The van der Waals surface area contributed by atoms with E-state index in [0.717, 1.165) is 24.4 Å². The first-order chi connectivity index (χ1) is 10.1. The van der Waals surface area contributed by atoms with E-state index in [1.54, 1.807) is 0 Å². The third kappa shape index (κ3) is 4.31. The minimum atomic E-state index is 0.427. The molecule has 2 atom stereocenters. The molecule has 114 valence electrons. The smallest absolute Gasteiger partial charge is 0.213 e. The molecular weight excluding hydrogens is 262 g/mol. The molecule has 0 fully saturated rings. The molecule has 2 aromatic rings. The molecule has 21 heavy (non-hydrogen) atoms. The van der Waals surface area contributed by atoms with Crippen LogP contribution in [-0.4, -0.2) is 21.4 Å². The number of hydrogen-bond donors (Lipinski definition) is 0. The van der Waals surface area contributed by atoms with Crippen molar-refractivity contribution in [1.82, 2.24) is 14.8 Å². The van der Waals surface area contributed by atoms with Crippen LogP contribution in [0.15, 0.2) is 30.5 Å². The van der Waals surface area contributed by atoms with Crippen LogP contribution in [0.3, 0.4) is 0 Å². The van der Waals surface area contributed by atoms with Gasteiger partial charge in [0.25, 0.3) is 0 Å². The van der Waals surface area contributed by atoms with Crippen LogP contribution in [0.25, 0.3) is 0 Å². The van der Waals surface area contributed by atoms with Gasteiger partial charge in [-0.2, -0.15) is 5.10 Å². The van der Waals surface area contributed by atoms with Gasteiger partial charge in [-0.1, -0.05) is 19.9 Å². The van der Waals surface area contributed by atoms with Crippen LogP contribution in [0.2, 0.25) is 0 Å². The van der Waals surface area contributed by atoms with Gasteiger partial charge in [-0.3, -0.25) is 4.68 Å². The van der Waals surface area contributed by atoms with Crippen molar-refractivity contribution in [3.05, 3.63) is 41.9 Å². The van der Waals surface area contributed by atoms with Gasteiger partial charge in [0.2, 0.25) is 5.88 Å². The first-order valence-electron chi connectivity index (χ1n) is 7.69. The predicted molar refractivity (Wildman–Crippen MR) is 84.7 cm³/mol. The second-order valence-electron chi connectivity index (χ2n) is 5.63. The topological polar surface area (TPSA) is 39.9 Å². The lowest BCUT2D eigenvalue weighted by atomic mass is 9.94. The number of aromatic nitrogens is 3. The Morgan fingerprint density at radius 3 is 2.43 bits per heavy atom. The van der Waals surface area contributed by atoms with Crippen molar-refractivity contribution in [1.29, 1.82) is 0 Å². The molecule has 0 aliphatic heterocycles. The van der Waals surface area contributed by atoms with Gasteiger partial charge in [-0.25, -0.2) is 4.98 Å². The molecule has 0 radical (unpaired) electrons. The summed E-state index contributed by atoms with van der Waals surface area (Å²) in [5.74, 6) is 1.62. The van der Waals surface area contributed by atoms with E-state index >= 15 is 0 Å². The van der Waals surface area contributed by atoms with E-state index in [1.807, 2.05) is 37.0 Å². The Morgan fingerprint density at radius 2 is 1.81 bits per heavy atom. The second kappa shape index (κ2) is 7.25. The Balaban J connectivity index is 1.92. The van der Waals surface area contributed by atoms with Crippen molar-refractivity contribution in [2.24, 2.45) is 7.05 Å². The summed E-state index contributed by atoms with van der Waals surface area (Å²) in [5.41, 5.74) is 2.27. The zero-order valence-electron chi connectivity index (χ0n) is 13.4. The van der Waals surface area contributed by atoms with Crippen LogP contribution in [-0.2, 0) is 7.05 Å². The molecule has 0 N–H and O–H groups in total. The number of hydrogen-bond acceptors (Lipinski definition) is 3. The highest BCUT2D eigenvalue weighted by Gasteiger charge is 2.13. The third-order valence-corrected chi connectivity index (χ3v) is 3.81. The lowest BCUT2D eigenvalue weighted by Gasteiger charge is -2.14. The SMILES string of the molecule is CCOc1cccc(C(C)CCC(C)c2ccn(C)n2)n1. The maximum absolute atomic E-state index is 5.47. The number of pyridine rings is 1. The molecule has 0 aliphatic carbocycles. The first kappa shape index (κ1) is 15.5. The molecule has 0 bridgehead atoms. The molecule has 2 rings (SSSR count). The molecule has 2 heterocycles. The van der Waals surface area contributed by atoms with Crippen molar-refractivity contribution in [2.75, 3.05) is 6.61 Å². The summed E-state index contributed by atoms with van der Waals surface area (Å²) in [6.45, 7) is 7.09. The average Bonchev–Trinajstić information content (AvgIpc) is 2.92. The maximum Gasteiger partial charge on any atom is 0.213 e. The predicted octanol–water partition coefficient (Wildman–Crippen LogP) is 3.90. The van der Waals surface area contributed by atoms with Gasteiger partial charge in [-0.15, -0.1) is 0 Å². The quantitative estimate of drug-likeness (QED) is 0.775. The van der Waals surface area contributed by atoms with E-state index in [1.165, 1.54) is 5.69 Å². The minimum Gasteiger partial charge on any atom is -0.478 e.